The molecule has 5 aromatic carbocycles. The lowest BCUT2D eigenvalue weighted by Gasteiger charge is -2.26. The third-order valence-corrected chi connectivity index (χ3v) is 15.6. The quantitative estimate of drug-likeness (QED) is 0.0114. The number of fused-ring (bicyclic) bond motifs is 2. The zero-order valence-corrected chi connectivity index (χ0v) is 46.9. The highest BCUT2D eigenvalue weighted by Gasteiger charge is 2.34. The number of benzene rings is 5. The molecule has 8 rings (SSSR count). The summed E-state index contributed by atoms with van der Waals surface area (Å²) in [6.45, 7) is 8.60. The number of esters is 6. The predicted molar refractivity (Wildman–Crippen MR) is 311 cm³/mol. The molecular formula is C64H71N3O14S. The highest BCUT2D eigenvalue weighted by atomic mass is 32.2. The summed E-state index contributed by atoms with van der Waals surface area (Å²) in [6.07, 6.45) is 14.6. The van der Waals surface area contributed by atoms with E-state index >= 15 is 0 Å². The third kappa shape index (κ3) is 18.5. The van der Waals surface area contributed by atoms with Crippen LogP contribution in [-0.2, 0) is 38.2 Å². The van der Waals surface area contributed by atoms with Gasteiger partial charge in [-0.2, -0.15) is 5.10 Å². The molecule has 0 radical (unpaired) electrons. The van der Waals surface area contributed by atoms with Gasteiger partial charge in [0, 0.05) is 22.6 Å². The second kappa shape index (κ2) is 31.2. The standard InChI is InChI=1S/C64H71N3O14S/c1-3-58(68)76-37-13-7-5-11-35-74-50-27-31-52(32-28-50)78-60(70)43-17-19-45(20-18-43)62(72)80-54-26-25-47-41-56(49(39-48(47)40-54)42-65-67-64-66-55-15-9-10-16-57(55)82-64)81-63(73)46-23-21-44(22-24-46)61(71)79-53-33-29-51(30-34-53)75-36-12-6-8-14-38-77-59(69)4-2/h3-4,9-10,15-16,25-34,39-46,64,66-67H,1-2,5-8,11-14,17-24,35-38H2/b65-42+. The topological polar surface area (TPSA) is 213 Å². The first-order valence-electron chi connectivity index (χ1n) is 28.3. The van der Waals surface area contributed by atoms with Gasteiger partial charge in [0.2, 0.25) is 0 Å². The summed E-state index contributed by atoms with van der Waals surface area (Å²) in [5, 5.41) is 9.41. The predicted octanol–water partition coefficient (Wildman–Crippen LogP) is 12.2. The minimum Gasteiger partial charge on any atom is -0.494 e. The molecule has 0 aromatic heterocycles. The Kier molecular flexibility index (Phi) is 22.8. The Hall–Kier alpha value is -8.12. The molecular weight excluding hydrogens is 1070 g/mol. The van der Waals surface area contributed by atoms with Crippen molar-refractivity contribution in [3.63, 3.8) is 0 Å². The van der Waals surface area contributed by atoms with Crippen LogP contribution in [0.2, 0.25) is 0 Å². The van der Waals surface area contributed by atoms with Crippen molar-refractivity contribution in [1.29, 1.82) is 0 Å². The van der Waals surface area contributed by atoms with Gasteiger partial charge in [-0.15, -0.1) is 0 Å². The summed E-state index contributed by atoms with van der Waals surface area (Å²) in [7, 11) is 0. The van der Waals surface area contributed by atoms with E-state index in [1.54, 1.807) is 84.7 Å². The fraction of sp³-hybridized carbons (Fsp3) is 0.391. The van der Waals surface area contributed by atoms with E-state index in [2.05, 4.69) is 29.0 Å². The number of hydrogen-bond acceptors (Lipinski definition) is 18. The highest BCUT2D eigenvalue weighted by Crippen LogP contribution is 2.38. The lowest BCUT2D eigenvalue weighted by molar-refractivity contribution is -0.145. The Bertz CT molecular complexity index is 3000. The number of hydrazone groups is 1. The van der Waals surface area contributed by atoms with E-state index < -0.39 is 29.7 Å². The minimum atomic E-state index is -0.435. The van der Waals surface area contributed by atoms with Crippen LogP contribution >= 0.6 is 11.8 Å². The summed E-state index contributed by atoms with van der Waals surface area (Å²) in [5.41, 5.74) is 4.43. The van der Waals surface area contributed by atoms with Crippen LogP contribution in [-0.4, -0.2) is 74.0 Å². The molecule has 0 saturated heterocycles. The number of nitrogens with one attached hydrogen (secondary N) is 2. The van der Waals surface area contributed by atoms with E-state index in [0.717, 1.165) is 84.9 Å². The molecule has 5 aromatic rings. The van der Waals surface area contributed by atoms with Crippen molar-refractivity contribution in [2.45, 2.75) is 113 Å². The van der Waals surface area contributed by atoms with Crippen molar-refractivity contribution in [3.05, 3.63) is 134 Å². The molecule has 432 valence electrons. The third-order valence-electron chi connectivity index (χ3n) is 14.5. The number of ether oxygens (including phenoxy) is 8. The van der Waals surface area contributed by atoms with Crippen LogP contribution in [0.15, 0.2) is 138 Å². The van der Waals surface area contributed by atoms with Gasteiger partial charge >= 0.3 is 35.8 Å². The second-order valence-corrected chi connectivity index (χ2v) is 21.6. The Labute approximate surface area is 482 Å². The molecule has 18 heteroatoms. The monoisotopic (exact) mass is 1140 g/mol. The molecule has 0 spiro atoms. The number of nitrogens with zero attached hydrogens (tertiary/aromatic N) is 1. The molecule has 1 unspecified atom stereocenters. The summed E-state index contributed by atoms with van der Waals surface area (Å²) >= 11 is 1.59. The van der Waals surface area contributed by atoms with Crippen molar-refractivity contribution < 1.29 is 66.7 Å². The molecule has 2 fully saturated rings. The minimum absolute atomic E-state index is 0.232. The van der Waals surface area contributed by atoms with Crippen molar-refractivity contribution in [1.82, 2.24) is 5.43 Å². The average Bonchev–Trinajstić information content (AvgIpc) is 4.08. The van der Waals surface area contributed by atoms with E-state index in [-0.39, 0.29) is 35.2 Å². The first-order chi connectivity index (χ1) is 40.0. The number of hydrogen-bond donors (Lipinski definition) is 2. The summed E-state index contributed by atoms with van der Waals surface area (Å²) < 4.78 is 45.2. The van der Waals surface area contributed by atoms with Gasteiger partial charge in [0.25, 0.3) is 0 Å². The average molecular weight is 1140 g/mol. The Morgan fingerprint density at radius 1 is 0.500 bits per heavy atom. The van der Waals surface area contributed by atoms with Gasteiger partial charge in [-0.25, -0.2) is 9.59 Å². The maximum Gasteiger partial charge on any atom is 0.330 e. The molecule has 82 heavy (non-hydrogen) atoms. The number of carbonyl (C=O) groups is 6. The molecule has 1 atom stereocenters. The fourth-order valence-electron chi connectivity index (χ4n) is 9.83. The van der Waals surface area contributed by atoms with Crippen molar-refractivity contribution in [3.8, 4) is 34.5 Å². The van der Waals surface area contributed by atoms with Crippen LogP contribution in [0.25, 0.3) is 10.8 Å². The van der Waals surface area contributed by atoms with Crippen molar-refractivity contribution in [2.24, 2.45) is 28.8 Å². The van der Waals surface area contributed by atoms with Gasteiger partial charge in [-0.3, -0.25) is 24.6 Å². The zero-order chi connectivity index (χ0) is 57.5. The van der Waals surface area contributed by atoms with E-state index in [1.165, 1.54) is 0 Å². The fourth-order valence-corrected chi connectivity index (χ4v) is 10.8. The number of thioether (sulfide) groups is 1. The number of unbranched alkanes of at least 4 members (excludes halogenated alkanes) is 6. The van der Waals surface area contributed by atoms with Crippen molar-refractivity contribution >= 4 is 70.3 Å². The van der Waals surface area contributed by atoms with Crippen LogP contribution in [0, 0.1) is 23.7 Å². The maximum atomic E-state index is 13.9. The van der Waals surface area contributed by atoms with Crippen molar-refractivity contribution in [2.75, 3.05) is 31.7 Å². The van der Waals surface area contributed by atoms with E-state index in [9.17, 15) is 28.8 Å². The first-order valence-corrected chi connectivity index (χ1v) is 29.2. The number of anilines is 1. The number of para-hydroxylation sites is 1. The van der Waals surface area contributed by atoms with Gasteiger partial charge in [0.15, 0.2) is 5.50 Å². The van der Waals surface area contributed by atoms with Gasteiger partial charge < -0.3 is 43.2 Å². The van der Waals surface area contributed by atoms with Crippen LogP contribution in [0.4, 0.5) is 5.69 Å². The highest BCUT2D eigenvalue weighted by molar-refractivity contribution is 8.00. The molecule has 0 bridgehead atoms. The largest absolute Gasteiger partial charge is 0.494 e. The van der Waals surface area contributed by atoms with Gasteiger partial charge in [-0.1, -0.05) is 43.1 Å². The molecule has 1 heterocycles. The molecule has 2 saturated carbocycles. The Morgan fingerprint density at radius 3 is 1.43 bits per heavy atom. The molecule has 2 N–H and O–H groups in total. The molecule has 0 amide bonds. The summed E-state index contributed by atoms with van der Waals surface area (Å²) in [4.78, 5) is 77.2. The Balaban J connectivity index is 0.795. The van der Waals surface area contributed by atoms with Gasteiger partial charge in [0.1, 0.15) is 34.5 Å². The van der Waals surface area contributed by atoms with E-state index in [1.807, 2.05) is 36.4 Å². The maximum absolute atomic E-state index is 13.9. The lowest BCUT2D eigenvalue weighted by Crippen LogP contribution is -2.30. The van der Waals surface area contributed by atoms with Crippen LogP contribution in [0.1, 0.15) is 108 Å². The second-order valence-electron chi connectivity index (χ2n) is 20.4. The molecule has 17 nitrogen and oxygen atoms in total. The van der Waals surface area contributed by atoms with E-state index in [4.69, 9.17) is 37.9 Å². The lowest BCUT2D eigenvalue weighted by atomic mass is 9.82. The summed E-state index contributed by atoms with van der Waals surface area (Å²) in [5.74, 6) is -0.991. The van der Waals surface area contributed by atoms with Crippen LogP contribution in [0.5, 0.6) is 34.5 Å². The number of rotatable bonds is 29. The molecule has 2 aliphatic carbocycles. The molecule has 1 aliphatic heterocycles. The zero-order valence-electron chi connectivity index (χ0n) is 46.1. The first kappa shape index (κ1) is 60.0. The molecule has 3 aliphatic rings. The normalized spacial score (nSPS) is 18.2. The van der Waals surface area contributed by atoms with Gasteiger partial charge in [-0.05, 0) is 198 Å². The van der Waals surface area contributed by atoms with E-state index in [0.29, 0.717) is 118 Å². The van der Waals surface area contributed by atoms with Gasteiger partial charge in [0.05, 0.1) is 62.0 Å². The SMILES string of the molecule is C=CC(=O)OCCCCCCOc1ccc(OC(=O)C2CCC(C(=O)Oc3ccc4cc(OC(=O)C5CCC(C(=O)Oc6ccc(OCCCCCCOC(=O)C=C)cc6)CC5)c(/C=N/NC5Nc6ccccc6S5)cc4c3)CC2)cc1. The summed E-state index contributed by atoms with van der Waals surface area (Å²) in [6, 6.07) is 30.8. The smallest absolute Gasteiger partial charge is 0.330 e. The van der Waals surface area contributed by atoms with Crippen LogP contribution < -0.4 is 39.2 Å². The van der Waals surface area contributed by atoms with Crippen LogP contribution in [0.3, 0.4) is 0 Å². The Morgan fingerprint density at radius 2 is 0.939 bits per heavy atom. The number of carbonyl (C=O) groups excluding carboxylic acids is 6.